The number of aryl methyl sites for hydroxylation is 2. The number of fused-ring (bicyclic) bond motifs is 1. The molecule has 108 valence electrons. The summed E-state index contributed by atoms with van der Waals surface area (Å²) < 4.78 is 7.05. The lowest BCUT2D eigenvalue weighted by Crippen LogP contribution is -2.11. The third-order valence-corrected chi connectivity index (χ3v) is 3.21. The first-order valence-corrected chi connectivity index (χ1v) is 7.06. The van der Waals surface area contributed by atoms with Gasteiger partial charge in [-0.3, -0.25) is 4.79 Å². The Balaban J connectivity index is 2.31. The van der Waals surface area contributed by atoms with Crippen molar-refractivity contribution < 1.29 is 9.53 Å². The van der Waals surface area contributed by atoms with Gasteiger partial charge in [0.25, 0.3) is 0 Å². The Morgan fingerprint density at radius 3 is 2.90 bits per heavy atom. The number of imidazole rings is 1. The first-order valence-electron chi connectivity index (χ1n) is 7.06. The smallest absolute Gasteiger partial charge is 0.307 e. The maximum Gasteiger partial charge on any atom is 0.307 e. The average molecular weight is 275 g/mol. The maximum absolute atomic E-state index is 11.5. The predicted molar refractivity (Wildman–Crippen MR) is 79.4 cm³/mol. The van der Waals surface area contributed by atoms with E-state index in [1.807, 2.05) is 25.1 Å². The molecule has 1 aromatic heterocycles. The Morgan fingerprint density at radius 1 is 1.40 bits per heavy atom. The van der Waals surface area contributed by atoms with Crippen LogP contribution in [0.15, 0.2) is 18.2 Å². The fourth-order valence-electron chi connectivity index (χ4n) is 2.32. The summed E-state index contributed by atoms with van der Waals surface area (Å²) in [6.45, 7) is 4.92. The molecule has 0 aliphatic carbocycles. The summed E-state index contributed by atoms with van der Waals surface area (Å²) >= 11 is 0. The van der Waals surface area contributed by atoms with Gasteiger partial charge in [0.1, 0.15) is 11.3 Å². The summed E-state index contributed by atoms with van der Waals surface area (Å²) in [5, 5.41) is 0. The number of carbonyl (C=O) groups is 1. The molecule has 20 heavy (non-hydrogen) atoms. The van der Waals surface area contributed by atoms with Crippen molar-refractivity contribution in [3.05, 3.63) is 24.0 Å². The summed E-state index contributed by atoms with van der Waals surface area (Å²) in [7, 11) is 0. The number of esters is 1. The van der Waals surface area contributed by atoms with Crippen molar-refractivity contribution >= 4 is 22.7 Å². The van der Waals surface area contributed by atoms with Crippen molar-refractivity contribution in [3.8, 4) is 0 Å². The molecule has 2 aromatic rings. The third kappa shape index (κ3) is 2.92. The number of benzene rings is 1. The minimum Gasteiger partial charge on any atom is -0.466 e. The molecule has 2 N–H and O–H groups in total. The number of hydrogen-bond donors (Lipinski definition) is 1. The van der Waals surface area contributed by atoms with E-state index in [-0.39, 0.29) is 5.97 Å². The molecule has 0 aliphatic heterocycles. The summed E-state index contributed by atoms with van der Waals surface area (Å²) in [4.78, 5) is 16.1. The Bertz CT molecular complexity index is 604. The summed E-state index contributed by atoms with van der Waals surface area (Å²) in [6.07, 6.45) is 2.23. The van der Waals surface area contributed by atoms with Gasteiger partial charge in [0.15, 0.2) is 0 Å². The van der Waals surface area contributed by atoms with Gasteiger partial charge >= 0.3 is 5.97 Å². The molecule has 1 heterocycles. The fraction of sp³-hybridized carbons (Fsp3) is 0.467. The number of aromatic nitrogens is 2. The number of para-hydroxylation sites is 1. The van der Waals surface area contributed by atoms with E-state index in [0.717, 1.165) is 29.7 Å². The highest BCUT2D eigenvalue weighted by molar-refractivity contribution is 5.87. The highest BCUT2D eigenvalue weighted by Crippen LogP contribution is 2.23. The van der Waals surface area contributed by atoms with Crippen LogP contribution in [0.5, 0.6) is 0 Å². The Hall–Kier alpha value is -2.04. The van der Waals surface area contributed by atoms with E-state index in [1.54, 1.807) is 0 Å². The van der Waals surface area contributed by atoms with Crippen LogP contribution in [-0.4, -0.2) is 22.1 Å². The molecule has 0 amide bonds. The second-order valence-corrected chi connectivity index (χ2v) is 4.70. The number of anilines is 1. The first kappa shape index (κ1) is 14.4. The number of ether oxygens (including phenoxy) is 1. The number of hydrogen-bond acceptors (Lipinski definition) is 4. The lowest BCUT2D eigenvalue weighted by Gasteiger charge is -2.08. The van der Waals surface area contributed by atoms with Gasteiger partial charge in [0.2, 0.25) is 0 Å². The Kier molecular flexibility index (Phi) is 4.61. The molecule has 0 radical (unpaired) electrons. The van der Waals surface area contributed by atoms with Crippen LogP contribution in [0.4, 0.5) is 5.69 Å². The van der Waals surface area contributed by atoms with Gasteiger partial charge in [-0.1, -0.05) is 13.0 Å². The van der Waals surface area contributed by atoms with Crippen LogP contribution >= 0.6 is 0 Å². The van der Waals surface area contributed by atoms with Gasteiger partial charge < -0.3 is 15.0 Å². The molecule has 0 atom stereocenters. The molecule has 5 nitrogen and oxygen atoms in total. The lowest BCUT2D eigenvalue weighted by molar-refractivity contribution is -0.143. The van der Waals surface area contributed by atoms with Crippen LogP contribution < -0.4 is 5.73 Å². The SMILES string of the molecule is CCCc1nc2c(N)cccc2n1CCC(=O)OCC. The summed E-state index contributed by atoms with van der Waals surface area (Å²) in [5.74, 6) is 0.797. The van der Waals surface area contributed by atoms with Crippen molar-refractivity contribution in [3.63, 3.8) is 0 Å². The topological polar surface area (TPSA) is 70.1 Å². The van der Waals surface area contributed by atoms with Crippen LogP contribution in [0.2, 0.25) is 0 Å². The van der Waals surface area contributed by atoms with Crippen molar-refractivity contribution in [2.24, 2.45) is 0 Å². The number of nitrogens with two attached hydrogens (primary N) is 1. The van der Waals surface area contributed by atoms with Crippen LogP contribution in [-0.2, 0) is 22.5 Å². The van der Waals surface area contributed by atoms with Crippen LogP contribution in [0, 0.1) is 0 Å². The zero-order chi connectivity index (χ0) is 14.5. The second kappa shape index (κ2) is 6.41. The van der Waals surface area contributed by atoms with Crippen LogP contribution in [0.3, 0.4) is 0 Å². The molecule has 0 fully saturated rings. The van der Waals surface area contributed by atoms with E-state index in [4.69, 9.17) is 10.5 Å². The van der Waals surface area contributed by atoms with E-state index in [9.17, 15) is 4.79 Å². The number of nitrogen functional groups attached to an aromatic ring is 1. The van der Waals surface area contributed by atoms with Gasteiger partial charge in [-0.15, -0.1) is 0 Å². The van der Waals surface area contributed by atoms with Crippen molar-refractivity contribution in [2.75, 3.05) is 12.3 Å². The predicted octanol–water partition coefficient (Wildman–Crippen LogP) is 2.52. The molecule has 0 aliphatic rings. The number of nitrogens with zero attached hydrogens (tertiary/aromatic N) is 2. The largest absolute Gasteiger partial charge is 0.466 e. The van der Waals surface area contributed by atoms with Gasteiger partial charge in [-0.25, -0.2) is 4.98 Å². The third-order valence-electron chi connectivity index (χ3n) is 3.21. The van der Waals surface area contributed by atoms with Crippen LogP contribution in [0.25, 0.3) is 11.0 Å². The van der Waals surface area contributed by atoms with E-state index in [0.29, 0.717) is 25.3 Å². The lowest BCUT2D eigenvalue weighted by atomic mass is 10.2. The maximum atomic E-state index is 11.5. The molecule has 0 unspecified atom stereocenters. The zero-order valence-corrected chi connectivity index (χ0v) is 12.1. The molecule has 5 heteroatoms. The van der Waals surface area contributed by atoms with Gasteiger partial charge in [0, 0.05) is 13.0 Å². The summed E-state index contributed by atoms with van der Waals surface area (Å²) in [6, 6.07) is 5.75. The van der Waals surface area contributed by atoms with E-state index in [1.165, 1.54) is 0 Å². The molecule has 0 spiro atoms. The molecule has 0 saturated heterocycles. The van der Waals surface area contributed by atoms with Crippen molar-refractivity contribution in [1.82, 2.24) is 9.55 Å². The molecular formula is C15H21N3O2. The van der Waals surface area contributed by atoms with Crippen molar-refractivity contribution in [1.29, 1.82) is 0 Å². The molecule has 2 rings (SSSR count). The molecular weight excluding hydrogens is 254 g/mol. The minimum absolute atomic E-state index is 0.180. The monoisotopic (exact) mass is 275 g/mol. The number of carbonyl (C=O) groups excluding carboxylic acids is 1. The van der Waals surface area contributed by atoms with Gasteiger partial charge in [-0.05, 0) is 25.5 Å². The number of rotatable bonds is 6. The van der Waals surface area contributed by atoms with Crippen LogP contribution in [0.1, 0.15) is 32.5 Å². The zero-order valence-electron chi connectivity index (χ0n) is 12.1. The summed E-state index contributed by atoms with van der Waals surface area (Å²) in [5.41, 5.74) is 8.45. The van der Waals surface area contributed by atoms with E-state index >= 15 is 0 Å². The first-order chi connectivity index (χ1) is 9.67. The van der Waals surface area contributed by atoms with Crippen molar-refractivity contribution in [2.45, 2.75) is 39.7 Å². The highest BCUT2D eigenvalue weighted by Gasteiger charge is 2.13. The van der Waals surface area contributed by atoms with E-state index in [2.05, 4.69) is 16.5 Å². The molecule has 0 bridgehead atoms. The minimum atomic E-state index is -0.180. The standard InChI is InChI=1S/C15H21N3O2/c1-3-6-13-17-15-11(16)7-5-8-12(15)18(13)10-9-14(19)20-4-2/h5,7-8H,3-4,6,9-10,16H2,1-2H3. The van der Waals surface area contributed by atoms with Gasteiger partial charge in [0.05, 0.1) is 24.2 Å². The molecule has 1 aromatic carbocycles. The second-order valence-electron chi connectivity index (χ2n) is 4.70. The van der Waals surface area contributed by atoms with E-state index < -0.39 is 0 Å². The highest BCUT2D eigenvalue weighted by atomic mass is 16.5. The molecule has 0 saturated carbocycles. The Morgan fingerprint density at radius 2 is 2.20 bits per heavy atom. The van der Waals surface area contributed by atoms with Gasteiger partial charge in [-0.2, -0.15) is 0 Å². The fourth-order valence-corrected chi connectivity index (χ4v) is 2.32. The average Bonchev–Trinajstić information content (AvgIpc) is 2.77. The normalized spacial score (nSPS) is 10.9. The Labute approximate surface area is 118 Å². The quantitative estimate of drug-likeness (QED) is 0.649.